The molecule has 0 spiro atoms. The van der Waals surface area contributed by atoms with Gasteiger partial charge in [-0.05, 0) is 68.6 Å². The van der Waals surface area contributed by atoms with Gasteiger partial charge in [0.25, 0.3) is 0 Å². The summed E-state index contributed by atoms with van der Waals surface area (Å²) in [6, 6.07) is 0. The van der Waals surface area contributed by atoms with Crippen LogP contribution in [0.3, 0.4) is 0 Å². The van der Waals surface area contributed by atoms with Crippen molar-refractivity contribution in [2.24, 2.45) is 29.6 Å². The van der Waals surface area contributed by atoms with E-state index >= 15 is 0 Å². The van der Waals surface area contributed by atoms with Crippen LogP contribution in [-0.4, -0.2) is 270 Å². The largest absolute Gasteiger partial charge is 1.00 e. The van der Waals surface area contributed by atoms with Gasteiger partial charge in [0, 0.05) is 60.6 Å². The van der Waals surface area contributed by atoms with Gasteiger partial charge in [-0.1, -0.05) is 12.2 Å². The van der Waals surface area contributed by atoms with Crippen molar-refractivity contribution >= 4 is 160 Å². The fourth-order valence-corrected chi connectivity index (χ4v) is 18.2. The molecule has 7 unspecified atom stereocenters. The zero-order valence-corrected chi connectivity index (χ0v) is 65.1. The molecule has 95 heavy (non-hydrogen) atoms. The minimum Gasteiger partial charge on any atom is -0.857 e. The average Bonchev–Trinajstić information content (AvgIpc) is 1.63. The van der Waals surface area contributed by atoms with Gasteiger partial charge in [0.05, 0.1) is 139 Å². The topological polar surface area (TPSA) is 420 Å². The van der Waals surface area contributed by atoms with Crippen LogP contribution in [0.25, 0.3) is 0 Å². The molecule has 0 bridgehead atoms. The first-order valence-corrected chi connectivity index (χ1v) is 40.1. The van der Waals surface area contributed by atoms with Crippen molar-refractivity contribution in [2.45, 2.75) is 76.4 Å². The first-order chi connectivity index (χ1) is 44.0. The van der Waals surface area contributed by atoms with Gasteiger partial charge in [0.15, 0.2) is 29.5 Å². The van der Waals surface area contributed by atoms with Crippen LogP contribution in [0.15, 0.2) is 23.3 Å². The van der Waals surface area contributed by atoms with Crippen LogP contribution in [0.5, 0.6) is 0 Å². The van der Waals surface area contributed by atoms with Gasteiger partial charge in [-0.3, -0.25) is 38.4 Å². The Morgan fingerprint density at radius 3 is 1.52 bits per heavy atom. The first-order valence-electron chi connectivity index (χ1n) is 28.8. The third-order valence-corrected chi connectivity index (χ3v) is 24.0. The number of esters is 8. The van der Waals surface area contributed by atoms with E-state index in [9.17, 15) is 78.3 Å². The summed E-state index contributed by atoms with van der Waals surface area (Å²) in [5.41, 5.74) is 1.07. The molecular weight excluding hydrogens is 1450 g/mol. The maximum Gasteiger partial charge on any atom is 1.00 e. The molecule has 28 nitrogen and oxygen atoms in total. The minimum absolute atomic E-state index is 0. The average molecular weight is 1540 g/mol. The van der Waals surface area contributed by atoms with Crippen molar-refractivity contribution in [1.29, 1.82) is 0 Å². The number of carboxylic acid groups (broad SMARTS) is 1. The van der Waals surface area contributed by atoms with E-state index < -0.39 is 71.3 Å². The summed E-state index contributed by atoms with van der Waals surface area (Å²) in [5, 5.41) is 26.1. The summed E-state index contributed by atoms with van der Waals surface area (Å²) in [6.07, 6.45) is 9.20. The normalized spacial score (nSPS) is 23.0. The number of halogens is 1. The van der Waals surface area contributed by atoms with E-state index in [1.807, 2.05) is 6.08 Å². The summed E-state index contributed by atoms with van der Waals surface area (Å²) in [6.45, 7) is 0. The molecule has 0 aliphatic carbocycles. The summed E-state index contributed by atoms with van der Waals surface area (Å²) in [4.78, 5) is 108. The number of hydrogen-bond donors (Lipinski definition) is 2. The Labute approximate surface area is 609 Å². The van der Waals surface area contributed by atoms with Gasteiger partial charge in [-0.2, -0.15) is 54.2 Å². The van der Waals surface area contributed by atoms with Crippen molar-refractivity contribution in [3.8, 4) is 0 Å². The molecule has 0 saturated carbocycles. The summed E-state index contributed by atoms with van der Waals surface area (Å²) >= 11 is 8.24. The molecule has 7 heterocycles. The number of rotatable bonds is 13. The molecule has 2 N–H and O–H groups in total. The van der Waals surface area contributed by atoms with Crippen LogP contribution in [0.4, 0.5) is 0 Å². The standard InChI is InChI=1S/C8H14O3S.C7H12O4S.C7H10O4S.C7H12O4S.C7H12O3S.C7H10O3S.C7H10O2S.C6H10O4S.CH3O.ClH.Na.H2/c1-10-7-3-4-12-5-6(7)8(9)11-2;2*1-11-7(8)6-3-2-4-12(9,10)5-6;1-10-6(8)3-4-12-5-7(9)11-2;2*1-10-7(9)5-4-11-3-2-6(5)8;1-9-7(8)6-3-2-4-10-5-6;7-6(8)5-2-1-3-11(9,10)4-5;1-2;;;/h6-7H,3-5H2,1-2H3;6H,2-5H2,1H3;3H,2,4-5H2,1H3;3-5H2,1-2H3;5-6,8H,2-4H2,1H3;5H,2-4H2,1H3;3H,2,4-5H2,1H3;5H,1-4H2,(H,7,8);1H3;1H;;1H/q;;;;;;;;-1;;+1;. The van der Waals surface area contributed by atoms with Gasteiger partial charge in [-0.25, -0.2) is 34.8 Å². The van der Waals surface area contributed by atoms with Crippen molar-refractivity contribution < 1.29 is 162 Å². The molecule has 5 saturated heterocycles. The summed E-state index contributed by atoms with van der Waals surface area (Å²) in [5.74, 6) is 2.43. The Morgan fingerprint density at radius 2 is 1.06 bits per heavy atom. The smallest absolute Gasteiger partial charge is 0.857 e. The maximum atomic E-state index is 11.2. The zero-order valence-electron chi connectivity index (χ0n) is 55.8. The van der Waals surface area contributed by atoms with Crippen LogP contribution in [0.2, 0.25) is 0 Å². The third-order valence-electron chi connectivity index (χ3n) is 13.5. The Morgan fingerprint density at radius 1 is 0.568 bits per heavy atom. The fourth-order valence-electron chi connectivity index (χ4n) is 8.41. The third kappa shape index (κ3) is 44.8. The molecule has 0 aromatic heterocycles. The Hall–Kier alpha value is -2.85. The van der Waals surface area contributed by atoms with Crippen molar-refractivity contribution in [1.82, 2.24) is 0 Å². The van der Waals surface area contributed by atoms with Crippen molar-refractivity contribution in [3.05, 3.63) is 23.3 Å². The molecule has 0 aromatic carbocycles. The second kappa shape index (κ2) is 56.9. The van der Waals surface area contributed by atoms with Gasteiger partial charge in [0.2, 0.25) is 0 Å². The van der Waals surface area contributed by atoms with E-state index in [0.717, 1.165) is 60.0 Å². The number of ketones is 1. The quantitative estimate of drug-likeness (QED) is 0.0792. The maximum absolute atomic E-state index is 11.2. The Kier molecular flexibility index (Phi) is 59.0. The number of carbonyl (C=O) groups excluding carboxylic acids is 9. The van der Waals surface area contributed by atoms with Crippen LogP contribution >= 0.6 is 71.2 Å². The predicted molar refractivity (Wildman–Crippen MR) is 363 cm³/mol. The summed E-state index contributed by atoms with van der Waals surface area (Å²) < 4.78 is 107. The van der Waals surface area contributed by atoms with Gasteiger partial charge in [-0.15, -0.1) is 24.2 Å². The second-order valence-electron chi connectivity index (χ2n) is 20.1. The van der Waals surface area contributed by atoms with E-state index in [1.165, 1.54) is 68.6 Å². The van der Waals surface area contributed by atoms with Crippen molar-refractivity contribution in [2.75, 3.05) is 163 Å². The SMILES string of the molecule is COC(=O)C1=CCCS(=O)(=O)C1.COC(=O)C1=CCCSC1.COC(=O)C1CCCS(=O)(=O)C1.COC(=O)C1CSCCC1=O.COC(=O)C1CSCCC1O.COC(=O)C1CSCCC1OC.COC(=O)CCSCC(=O)OC.C[O-].Cl.O=C(O)C1CCCS(=O)(=O)C1.[HH].[Na+]. The van der Waals surface area contributed by atoms with E-state index in [0.29, 0.717) is 68.6 Å². The second-order valence-corrected chi connectivity index (χ2v) is 32.4. The molecule has 38 heteroatoms. The van der Waals surface area contributed by atoms with E-state index in [-0.39, 0.29) is 149 Å². The van der Waals surface area contributed by atoms with Crippen LogP contribution in [-0.2, 0) is 120 Å². The molecule has 0 radical (unpaired) electrons. The van der Waals surface area contributed by atoms with Crippen molar-refractivity contribution in [3.63, 3.8) is 0 Å². The molecule has 0 amide bonds. The number of thioether (sulfide) groups is 5. The predicted octanol–water partition coefficient (Wildman–Crippen LogP) is -0.207. The number of sulfone groups is 3. The Bertz CT molecular complexity index is 2720. The van der Waals surface area contributed by atoms with E-state index in [2.05, 4.69) is 37.9 Å². The number of hydrogen-bond acceptors (Lipinski definition) is 32. The number of carboxylic acids is 1. The van der Waals surface area contributed by atoms with E-state index in [4.69, 9.17) is 14.9 Å². The summed E-state index contributed by atoms with van der Waals surface area (Å²) in [7, 11) is 4.01. The van der Waals surface area contributed by atoms with Gasteiger partial charge >= 0.3 is 83.3 Å². The number of aliphatic hydroxyl groups excluding tert-OH is 1. The monoisotopic (exact) mass is 1540 g/mol. The zero-order chi connectivity index (χ0) is 71.2. The number of allylic oxidation sites excluding steroid dienone is 2. The molecule has 5 fully saturated rings. The number of Topliss-reactive ketones (excluding diaryl/α,β-unsaturated/α-hetero) is 1. The van der Waals surface area contributed by atoms with E-state index in [1.54, 1.807) is 60.2 Å². The number of methoxy groups -OCH3 is 9. The van der Waals surface area contributed by atoms with Gasteiger partial charge in [0.1, 0.15) is 11.7 Å². The minimum atomic E-state index is -3.06. The molecule has 548 valence electrons. The molecule has 7 aliphatic heterocycles. The van der Waals surface area contributed by atoms with Gasteiger partial charge < -0.3 is 58.0 Å². The molecular formula is C57H96ClNaO28S8. The number of carbonyl (C=O) groups is 10. The van der Waals surface area contributed by atoms with Crippen LogP contribution in [0.1, 0.15) is 65.6 Å². The molecule has 7 atom stereocenters. The number of aliphatic carboxylic acids is 1. The fraction of sp³-hybridized carbons (Fsp3) is 0.754. The molecule has 7 rings (SSSR count). The number of aliphatic hydroxyl groups is 1. The van der Waals surface area contributed by atoms with Crippen LogP contribution < -0.4 is 34.7 Å². The van der Waals surface area contributed by atoms with Crippen LogP contribution in [0, 0.1) is 29.6 Å². The molecule has 0 aromatic rings. The Balaban J connectivity index is -0.000000326. The first kappa shape index (κ1) is 98.5. The number of ether oxygens (including phenoxy) is 9. The molecule has 7 aliphatic rings.